The summed E-state index contributed by atoms with van der Waals surface area (Å²) in [5.74, 6) is 2.28. The van der Waals surface area contributed by atoms with Crippen molar-refractivity contribution in [1.29, 1.82) is 0 Å². The molecule has 0 radical (unpaired) electrons. The van der Waals surface area contributed by atoms with Crippen LogP contribution in [0.2, 0.25) is 0 Å². The number of ether oxygens (including phenoxy) is 1. The second-order valence-corrected chi connectivity index (χ2v) is 5.76. The first kappa shape index (κ1) is 10.2. The monoisotopic (exact) mass is 217 g/mol. The molecule has 2 N–H and O–H groups in total. The molecule has 3 atom stereocenters. The summed E-state index contributed by atoms with van der Waals surface area (Å²) in [6, 6.07) is 8.70. The second kappa shape index (κ2) is 3.24. The van der Waals surface area contributed by atoms with Crippen LogP contribution in [0.5, 0.6) is 5.75 Å². The third kappa shape index (κ3) is 1.36. The van der Waals surface area contributed by atoms with Gasteiger partial charge in [0.15, 0.2) is 0 Å². The fourth-order valence-electron chi connectivity index (χ4n) is 3.20. The van der Waals surface area contributed by atoms with Crippen LogP contribution < -0.4 is 10.5 Å². The maximum absolute atomic E-state index is 6.14. The van der Waals surface area contributed by atoms with Gasteiger partial charge in [0.1, 0.15) is 5.75 Å². The number of rotatable bonds is 1. The van der Waals surface area contributed by atoms with Gasteiger partial charge in [-0.15, -0.1) is 0 Å². The predicted octanol–water partition coefficient (Wildman–Crippen LogP) is 2.22. The normalized spacial score (nSPS) is 35.1. The van der Waals surface area contributed by atoms with Crippen LogP contribution in [0.1, 0.15) is 19.4 Å². The third-order valence-corrected chi connectivity index (χ3v) is 4.41. The highest BCUT2D eigenvalue weighted by Gasteiger charge is 2.59. The van der Waals surface area contributed by atoms with E-state index in [0.29, 0.717) is 23.3 Å². The lowest BCUT2D eigenvalue weighted by Gasteiger charge is -2.26. The average Bonchev–Trinajstić information content (AvgIpc) is 2.78. The summed E-state index contributed by atoms with van der Waals surface area (Å²) in [4.78, 5) is 0. The van der Waals surface area contributed by atoms with Gasteiger partial charge in [-0.3, -0.25) is 0 Å². The van der Waals surface area contributed by atoms with E-state index in [2.05, 4.69) is 32.0 Å². The summed E-state index contributed by atoms with van der Waals surface area (Å²) < 4.78 is 5.82. The summed E-state index contributed by atoms with van der Waals surface area (Å²) in [6.07, 6.45) is 1.12. The van der Waals surface area contributed by atoms with E-state index in [0.717, 1.165) is 18.8 Å². The zero-order chi connectivity index (χ0) is 11.3. The molecule has 1 aliphatic carbocycles. The molecule has 2 nitrogen and oxygen atoms in total. The zero-order valence-electron chi connectivity index (χ0n) is 9.94. The maximum Gasteiger partial charge on any atom is 0.122 e. The highest BCUT2D eigenvalue weighted by Crippen LogP contribution is 2.56. The molecule has 86 valence electrons. The van der Waals surface area contributed by atoms with E-state index in [9.17, 15) is 0 Å². The fraction of sp³-hybridized carbons (Fsp3) is 0.571. The molecule has 2 aliphatic rings. The number of para-hydroxylation sites is 1. The van der Waals surface area contributed by atoms with Crippen molar-refractivity contribution in [2.45, 2.75) is 26.3 Å². The summed E-state index contributed by atoms with van der Waals surface area (Å²) in [6.45, 7) is 5.37. The van der Waals surface area contributed by atoms with Gasteiger partial charge in [0.2, 0.25) is 0 Å². The van der Waals surface area contributed by atoms with Gasteiger partial charge in [-0.25, -0.2) is 0 Å². The molecule has 16 heavy (non-hydrogen) atoms. The third-order valence-electron chi connectivity index (χ3n) is 4.41. The largest absolute Gasteiger partial charge is 0.493 e. The number of hydrogen-bond acceptors (Lipinski definition) is 2. The number of nitrogens with two attached hydrogens (primary N) is 1. The van der Waals surface area contributed by atoms with E-state index in [-0.39, 0.29) is 0 Å². The van der Waals surface area contributed by atoms with Crippen LogP contribution >= 0.6 is 0 Å². The fourth-order valence-corrected chi connectivity index (χ4v) is 3.20. The van der Waals surface area contributed by atoms with Crippen molar-refractivity contribution in [3.63, 3.8) is 0 Å². The molecular formula is C14H19NO. The van der Waals surface area contributed by atoms with Crippen molar-refractivity contribution in [2.75, 3.05) is 6.61 Å². The van der Waals surface area contributed by atoms with Gasteiger partial charge in [0.25, 0.3) is 0 Å². The minimum Gasteiger partial charge on any atom is -0.493 e. The smallest absolute Gasteiger partial charge is 0.122 e. The second-order valence-electron chi connectivity index (χ2n) is 5.76. The van der Waals surface area contributed by atoms with Crippen LogP contribution in [0.25, 0.3) is 0 Å². The molecule has 1 heterocycles. The van der Waals surface area contributed by atoms with Gasteiger partial charge in [-0.1, -0.05) is 32.0 Å². The van der Waals surface area contributed by atoms with E-state index >= 15 is 0 Å². The van der Waals surface area contributed by atoms with Crippen molar-refractivity contribution < 1.29 is 4.74 Å². The van der Waals surface area contributed by atoms with Gasteiger partial charge in [0, 0.05) is 12.0 Å². The standard InChI is InChI=1S/C14H19NO/c1-14(2)12(13(14)15)10-7-9-5-3-4-6-11(9)16-8-10/h3-6,10,12-13H,7-8,15H2,1-2H3/t10?,12-,13-/m1/s1. The van der Waals surface area contributed by atoms with Crippen molar-refractivity contribution in [2.24, 2.45) is 23.0 Å². The Morgan fingerprint density at radius 3 is 2.69 bits per heavy atom. The molecular weight excluding hydrogens is 198 g/mol. The van der Waals surface area contributed by atoms with Gasteiger partial charge < -0.3 is 10.5 Å². The first-order chi connectivity index (χ1) is 7.60. The van der Waals surface area contributed by atoms with E-state index in [1.54, 1.807) is 0 Å². The Hall–Kier alpha value is -1.02. The number of hydrogen-bond donors (Lipinski definition) is 1. The van der Waals surface area contributed by atoms with Gasteiger partial charge >= 0.3 is 0 Å². The average molecular weight is 217 g/mol. The summed E-state index contributed by atoms with van der Waals surface area (Å²) in [5, 5.41) is 0. The van der Waals surface area contributed by atoms with Gasteiger partial charge in [-0.2, -0.15) is 0 Å². The molecule has 1 fully saturated rings. The van der Waals surface area contributed by atoms with Crippen LogP contribution in [0.15, 0.2) is 24.3 Å². The molecule has 1 aromatic carbocycles. The Morgan fingerprint density at radius 2 is 2.00 bits per heavy atom. The van der Waals surface area contributed by atoms with E-state index in [1.807, 2.05) is 6.07 Å². The van der Waals surface area contributed by atoms with Gasteiger partial charge in [-0.05, 0) is 29.4 Å². The molecule has 0 saturated heterocycles. The minimum atomic E-state index is 0.306. The van der Waals surface area contributed by atoms with Crippen molar-refractivity contribution >= 4 is 0 Å². The van der Waals surface area contributed by atoms with Crippen molar-refractivity contribution in [3.8, 4) is 5.75 Å². The lowest BCUT2D eigenvalue weighted by Crippen LogP contribution is -2.25. The van der Waals surface area contributed by atoms with E-state index in [4.69, 9.17) is 10.5 Å². The predicted molar refractivity (Wildman–Crippen MR) is 64.4 cm³/mol. The Bertz CT molecular complexity index is 413. The van der Waals surface area contributed by atoms with E-state index < -0.39 is 0 Å². The summed E-state index contributed by atoms with van der Waals surface area (Å²) in [7, 11) is 0. The first-order valence-electron chi connectivity index (χ1n) is 6.07. The lowest BCUT2D eigenvalue weighted by molar-refractivity contribution is 0.192. The van der Waals surface area contributed by atoms with Crippen LogP contribution in [-0.4, -0.2) is 12.6 Å². The van der Waals surface area contributed by atoms with Crippen LogP contribution in [0, 0.1) is 17.3 Å². The van der Waals surface area contributed by atoms with E-state index in [1.165, 1.54) is 5.56 Å². The molecule has 0 spiro atoms. The highest BCUT2D eigenvalue weighted by molar-refractivity contribution is 5.36. The molecule has 1 aliphatic heterocycles. The molecule has 0 amide bonds. The van der Waals surface area contributed by atoms with Crippen LogP contribution in [0.3, 0.4) is 0 Å². The molecule has 0 aromatic heterocycles. The van der Waals surface area contributed by atoms with Crippen molar-refractivity contribution in [1.82, 2.24) is 0 Å². The van der Waals surface area contributed by atoms with Crippen LogP contribution in [0.4, 0.5) is 0 Å². The molecule has 1 saturated carbocycles. The molecule has 2 heteroatoms. The zero-order valence-corrected chi connectivity index (χ0v) is 9.94. The number of benzene rings is 1. The molecule has 1 aromatic rings. The van der Waals surface area contributed by atoms with Gasteiger partial charge in [0.05, 0.1) is 6.61 Å². The molecule has 1 unspecified atom stereocenters. The number of fused-ring (bicyclic) bond motifs is 1. The Morgan fingerprint density at radius 1 is 1.31 bits per heavy atom. The first-order valence-corrected chi connectivity index (χ1v) is 6.07. The minimum absolute atomic E-state index is 0.306. The summed E-state index contributed by atoms with van der Waals surface area (Å²) in [5.41, 5.74) is 7.79. The topological polar surface area (TPSA) is 35.2 Å². The quantitative estimate of drug-likeness (QED) is 0.783. The highest BCUT2D eigenvalue weighted by atomic mass is 16.5. The Kier molecular flexibility index (Phi) is 2.05. The Balaban J connectivity index is 1.79. The SMILES string of the molecule is CC1(C)[C@H](N)[C@H]1C1COc2ccccc2C1. The maximum atomic E-state index is 6.14. The Labute approximate surface area is 96.8 Å². The lowest BCUT2D eigenvalue weighted by atomic mass is 9.89. The van der Waals surface area contributed by atoms with Crippen molar-refractivity contribution in [3.05, 3.63) is 29.8 Å². The van der Waals surface area contributed by atoms with Crippen LogP contribution in [-0.2, 0) is 6.42 Å². The molecule has 3 rings (SSSR count). The summed E-state index contributed by atoms with van der Waals surface area (Å²) >= 11 is 0. The molecule has 0 bridgehead atoms.